The van der Waals surface area contributed by atoms with Crippen LogP contribution in [0.4, 0.5) is 0 Å². The summed E-state index contributed by atoms with van der Waals surface area (Å²) in [6.07, 6.45) is 1.17. The Kier molecular flexibility index (Phi) is 1.61. The Morgan fingerprint density at radius 2 is 1.42 bits per heavy atom. The van der Waals surface area contributed by atoms with Crippen molar-refractivity contribution in [3.63, 3.8) is 0 Å². The molecule has 3 rings (SSSR count). The van der Waals surface area contributed by atoms with Gasteiger partial charge in [-0.1, -0.05) is 0 Å². The van der Waals surface area contributed by atoms with Crippen LogP contribution in [0.3, 0.4) is 0 Å². The van der Waals surface area contributed by atoms with E-state index in [9.17, 15) is 0 Å². The summed E-state index contributed by atoms with van der Waals surface area (Å²) in [5.74, 6) is 0. The van der Waals surface area contributed by atoms with E-state index in [1.165, 1.54) is 26.2 Å². The van der Waals surface area contributed by atoms with E-state index in [0.717, 1.165) is 13.1 Å². The SMILES string of the molecule is C1CN2CCN3CCN[C@H](N1)[C@H]32. The predicted molar refractivity (Wildman–Crippen MR) is 46.7 cm³/mol. The van der Waals surface area contributed by atoms with E-state index in [1.54, 1.807) is 0 Å². The van der Waals surface area contributed by atoms with Gasteiger partial charge in [-0.25, -0.2) is 0 Å². The van der Waals surface area contributed by atoms with Crippen molar-refractivity contribution < 1.29 is 0 Å². The maximum Gasteiger partial charge on any atom is 0.0918 e. The first-order valence-electron chi connectivity index (χ1n) is 4.90. The van der Waals surface area contributed by atoms with E-state index >= 15 is 0 Å². The first-order valence-corrected chi connectivity index (χ1v) is 4.90. The third-order valence-corrected chi connectivity index (χ3v) is 3.25. The fraction of sp³-hybridized carbons (Fsp3) is 1.00. The largest absolute Gasteiger partial charge is 0.298 e. The van der Waals surface area contributed by atoms with Crippen LogP contribution in [-0.4, -0.2) is 61.4 Å². The second kappa shape index (κ2) is 2.67. The predicted octanol–water partition coefficient (Wildman–Crippen LogP) is -1.54. The second-order valence-electron chi connectivity index (χ2n) is 3.87. The standard InChI is InChI=1S/C8H16N4/c1-3-11-5-6-12-4-2-10-7(9-1)8(11)12/h7-10H,1-6H2/t7-,8-. The molecule has 0 saturated carbocycles. The zero-order chi connectivity index (χ0) is 7.97. The molecule has 2 N–H and O–H groups in total. The van der Waals surface area contributed by atoms with E-state index in [0.29, 0.717) is 12.3 Å². The van der Waals surface area contributed by atoms with Gasteiger partial charge in [-0.3, -0.25) is 20.4 Å². The van der Waals surface area contributed by atoms with Crippen LogP contribution in [-0.2, 0) is 0 Å². The minimum Gasteiger partial charge on any atom is -0.298 e. The maximum atomic E-state index is 3.53. The summed E-state index contributed by atoms with van der Waals surface area (Å²) < 4.78 is 0. The summed E-state index contributed by atoms with van der Waals surface area (Å²) >= 11 is 0. The van der Waals surface area contributed by atoms with E-state index in [2.05, 4.69) is 20.4 Å². The van der Waals surface area contributed by atoms with Gasteiger partial charge in [0.25, 0.3) is 0 Å². The zero-order valence-corrected chi connectivity index (χ0v) is 7.29. The van der Waals surface area contributed by atoms with E-state index in [4.69, 9.17) is 0 Å². The van der Waals surface area contributed by atoms with Crippen LogP contribution in [0.15, 0.2) is 0 Å². The summed E-state index contributed by atoms with van der Waals surface area (Å²) in [6.45, 7) is 7.26. The monoisotopic (exact) mass is 168 g/mol. The Morgan fingerprint density at radius 1 is 0.833 bits per heavy atom. The minimum absolute atomic E-state index is 0.523. The molecule has 12 heavy (non-hydrogen) atoms. The zero-order valence-electron chi connectivity index (χ0n) is 7.29. The van der Waals surface area contributed by atoms with Gasteiger partial charge in [0.15, 0.2) is 0 Å². The van der Waals surface area contributed by atoms with Crippen LogP contribution < -0.4 is 10.6 Å². The third-order valence-electron chi connectivity index (χ3n) is 3.25. The van der Waals surface area contributed by atoms with Gasteiger partial charge >= 0.3 is 0 Å². The van der Waals surface area contributed by atoms with E-state index in [1.807, 2.05) is 0 Å². The van der Waals surface area contributed by atoms with Crippen LogP contribution in [0.5, 0.6) is 0 Å². The Hall–Kier alpha value is -0.160. The fourth-order valence-corrected chi connectivity index (χ4v) is 2.67. The van der Waals surface area contributed by atoms with E-state index in [-0.39, 0.29) is 0 Å². The lowest BCUT2D eigenvalue weighted by molar-refractivity contribution is 0.0302. The highest BCUT2D eigenvalue weighted by molar-refractivity contribution is 4.95. The van der Waals surface area contributed by atoms with Crippen molar-refractivity contribution in [2.75, 3.05) is 39.3 Å². The van der Waals surface area contributed by atoms with Gasteiger partial charge in [0.1, 0.15) is 0 Å². The number of nitrogens with one attached hydrogen (secondary N) is 2. The summed E-state index contributed by atoms with van der Waals surface area (Å²) in [5, 5.41) is 7.05. The molecule has 0 radical (unpaired) electrons. The maximum absolute atomic E-state index is 3.53. The van der Waals surface area contributed by atoms with Crippen molar-refractivity contribution in [2.24, 2.45) is 0 Å². The average molecular weight is 168 g/mol. The number of hydrogen-bond donors (Lipinski definition) is 2. The van der Waals surface area contributed by atoms with Gasteiger partial charge < -0.3 is 0 Å². The van der Waals surface area contributed by atoms with Crippen LogP contribution >= 0.6 is 0 Å². The van der Waals surface area contributed by atoms with Crippen LogP contribution in [0, 0.1) is 0 Å². The molecule has 0 aliphatic carbocycles. The lowest BCUT2D eigenvalue weighted by Crippen LogP contribution is -2.68. The smallest absolute Gasteiger partial charge is 0.0918 e. The van der Waals surface area contributed by atoms with Crippen molar-refractivity contribution in [1.29, 1.82) is 0 Å². The molecule has 0 spiro atoms. The van der Waals surface area contributed by atoms with Crippen molar-refractivity contribution >= 4 is 0 Å². The molecule has 0 aromatic rings. The molecule has 0 unspecified atom stereocenters. The highest BCUT2D eigenvalue weighted by Crippen LogP contribution is 2.20. The summed E-state index contributed by atoms with van der Waals surface area (Å²) in [7, 11) is 0. The highest BCUT2D eigenvalue weighted by atomic mass is 15.5. The average Bonchev–Trinajstić information content (AvgIpc) is 2.52. The normalized spacial score (nSPS) is 43.0. The molecule has 3 saturated heterocycles. The van der Waals surface area contributed by atoms with Gasteiger partial charge in [-0.15, -0.1) is 0 Å². The van der Waals surface area contributed by atoms with E-state index < -0.39 is 0 Å². The number of nitrogens with zero attached hydrogens (tertiary/aromatic N) is 2. The molecular formula is C8H16N4. The second-order valence-corrected chi connectivity index (χ2v) is 3.87. The molecule has 3 aliphatic heterocycles. The Labute approximate surface area is 72.9 Å². The number of piperazine rings is 2. The summed E-state index contributed by atoms with van der Waals surface area (Å²) in [5.41, 5.74) is 0. The molecule has 0 atom stereocenters. The number of hydrogen-bond acceptors (Lipinski definition) is 4. The Balaban J connectivity index is 1.84. The molecule has 0 aromatic carbocycles. The molecule has 0 aromatic heterocycles. The fourth-order valence-electron chi connectivity index (χ4n) is 2.67. The van der Waals surface area contributed by atoms with Crippen LogP contribution in [0.2, 0.25) is 0 Å². The molecular weight excluding hydrogens is 152 g/mol. The summed E-state index contributed by atoms with van der Waals surface area (Å²) in [4.78, 5) is 5.18. The Morgan fingerprint density at radius 3 is 2.00 bits per heavy atom. The molecule has 4 nitrogen and oxygen atoms in total. The van der Waals surface area contributed by atoms with Crippen LogP contribution in [0.1, 0.15) is 0 Å². The first kappa shape index (κ1) is 7.26. The highest BCUT2D eigenvalue weighted by Gasteiger charge is 2.41. The molecule has 68 valence electrons. The van der Waals surface area contributed by atoms with Crippen molar-refractivity contribution in [3.05, 3.63) is 0 Å². The van der Waals surface area contributed by atoms with Gasteiger partial charge in [-0.05, 0) is 0 Å². The van der Waals surface area contributed by atoms with Gasteiger partial charge in [0.05, 0.1) is 12.3 Å². The topological polar surface area (TPSA) is 30.5 Å². The van der Waals surface area contributed by atoms with Crippen LogP contribution in [0.25, 0.3) is 0 Å². The molecule has 4 heteroatoms. The van der Waals surface area contributed by atoms with Gasteiger partial charge in [0.2, 0.25) is 0 Å². The van der Waals surface area contributed by atoms with Crippen molar-refractivity contribution in [2.45, 2.75) is 12.3 Å². The minimum atomic E-state index is 0.523. The van der Waals surface area contributed by atoms with Gasteiger partial charge in [0, 0.05) is 39.3 Å². The van der Waals surface area contributed by atoms with Crippen molar-refractivity contribution in [3.8, 4) is 0 Å². The molecule has 0 amide bonds. The quantitative estimate of drug-likeness (QED) is 0.459. The molecule has 3 fully saturated rings. The Bertz CT molecular complexity index is 166. The molecule has 3 heterocycles. The van der Waals surface area contributed by atoms with Gasteiger partial charge in [-0.2, -0.15) is 0 Å². The molecule has 0 bridgehead atoms. The lowest BCUT2D eigenvalue weighted by Gasteiger charge is -2.44. The summed E-state index contributed by atoms with van der Waals surface area (Å²) in [6, 6.07) is 0. The lowest BCUT2D eigenvalue weighted by atomic mass is 10.2. The third kappa shape index (κ3) is 0.925. The molecule has 3 aliphatic rings. The number of rotatable bonds is 0. The van der Waals surface area contributed by atoms with Crippen molar-refractivity contribution in [1.82, 2.24) is 20.4 Å². The first-order chi connectivity index (χ1) is 5.95.